The topological polar surface area (TPSA) is 35.2 Å². The van der Waals surface area contributed by atoms with Crippen LogP contribution in [0.3, 0.4) is 0 Å². The summed E-state index contributed by atoms with van der Waals surface area (Å²) >= 11 is 0. The van der Waals surface area contributed by atoms with E-state index >= 15 is 0 Å². The van der Waals surface area contributed by atoms with Crippen molar-refractivity contribution in [3.63, 3.8) is 0 Å². The molecule has 0 spiro atoms. The molecule has 2 N–H and O–H groups in total. The molecule has 2 nitrogen and oxygen atoms in total. The van der Waals surface area contributed by atoms with Gasteiger partial charge >= 0.3 is 0 Å². The summed E-state index contributed by atoms with van der Waals surface area (Å²) in [6, 6.07) is 0.383. The van der Waals surface area contributed by atoms with Crippen molar-refractivity contribution in [1.82, 2.24) is 0 Å². The molecule has 1 aliphatic carbocycles. The number of rotatable bonds is 4. The summed E-state index contributed by atoms with van der Waals surface area (Å²) in [5, 5.41) is 0. The van der Waals surface area contributed by atoms with Crippen molar-refractivity contribution in [1.29, 1.82) is 0 Å². The summed E-state index contributed by atoms with van der Waals surface area (Å²) < 4.78 is 5.98. The van der Waals surface area contributed by atoms with Gasteiger partial charge in [-0.2, -0.15) is 0 Å². The van der Waals surface area contributed by atoms with Crippen molar-refractivity contribution in [3.8, 4) is 0 Å². The summed E-state index contributed by atoms with van der Waals surface area (Å²) in [4.78, 5) is 0. The van der Waals surface area contributed by atoms with Crippen molar-refractivity contribution in [2.75, 3.05) is 0 Å². The fraction of sp³-hybridized carbons (Fsp3) is 1.00. The monoisotopic (exact) mass is 185 g/mol. The molecule has 1 fully saturated rings. The molecule has 0 aromatic heterocycles. The molecule has 0 radical (unpaired) electrons. The van der Waals surface area contributed by atoms with Crippen LogP contribution in [0.1, 0.15) is 52.4 Å². The van der Waals surface area contributed by atoms with E-state index in [1.807, 2.05) is 0 Å². The fourth-order valence-corrected chi connectivity index (χ4v) is 2.06. The van der Waals surface area contributed by atoms with E-state index in [2.05, 4.69) is 13.8 Å². The molecule has 13 heavy (non-hydrogen) atoms. The third-order valence-corrected chi connectivity index (χ3v) is 2.96. The first-order valence-corrected chi connectivity index (χ1v) is 5.67. The van der Waals surface area contributed by atoms with Crippen LogP contribution in [-0.2, 0) is 4.74 Å². The van der Waals surface area contributed by atoms with Crippen molar-refractivity contribution < 1.29 is 4.74 Å². The summed E-state index contributed by atoms with van der Waals surface area (Å²) in [5.74, 6) is 0. The van der Waals surface area contributed by atoms with Crippen LogP contribution in [0.4, 0.5) is 0 Å². The van der Waals surface area contributed by atoms with Gasteiger partial charge in [-0.15, -0.1) is 0 Å². The smallest absolute Gasteiger partial charge is 0.0593 e. The van der Waals surface area contributed by atoms with Crippen molar-refractivity contribution in [2.45, 2.75) is 70.6 Å². The maximum Gasteiger partial charge on any atom is 0.0593 e. The van der Waals surface area contributed by atoms with Gasteiger partial charge in [-0.25, -0.2) is 0 Å². The van der Waals surface area contributed by atoms with E-state index in [1.54, 1.807) is 0 Å². The average molecular weight is 185 g/mol. The standard InChI is InChI=1S/C11H23NO/c1-3-10(4-2)13-11-7-5-6-9(12)8-11/h9-11H,3-8,12H2,1-2H3. The highest BCUT2D eigenvalue weighted by atomic mass is 16.5. The normalized spacial score (nSPS) is 29.5. The van der Waals surface area contributed by atoms with Gasteiger partial charge in [0, 0.05) is 6.04 Å². The molecular formula is C11H23NO. The highest BCUT2D eigenvalue weighted by Gasteiger charge is 2.21. The minimum Gasteiger partial charge on any atom is -0.375 e. The van der Waals surface area contributed by atoms with Gasteiger partial charge in [-0.1, -0.05) is 13.8 Å². The molecule has 2 unspecified atom stereocenters. The van der Waals surface area contributed by atoms with E-state index in [4.69, 9.17) is 10.5 Å². The molecule has 0 amide bonds. The van der Waals surface area contributed by atoms with Crippen LogP contribution in [0.5, 0.6) is 0 Å². The maximum atomic E-state index is 5.98. The van der Waals surface area contributed by atoms with Gasteiger partial charge in [-0.05, 0) is 38.5 Å². The number of hydrogen-bond acceptors (Lipinski definition) is 2. The van der Waals surface area contributed by atoms with Crippen molar-refractivity contribution in [2.24, 2.45) is 5.73 Å². The lowest BCUT2D eigenvalue weighted by Gasteiger charge is -2.29. The zero-order valence-electron chi connectivity index (χ0n) is 8.96. The van der Waals surface area contributed by atoms with Gasteiger partial charge in [0.2, 0.25) is 0 Å². The number of hydrogen-bond donors (Lipinski definition) is 1. The Morgan fingerprint density at radius 2 is 2.00 bits per heavy atom. The molecule has 0 saturated heterocycles. The third kappa shape index (κ3) is 3.65. The highest BCUT2D eigenvalue weighted by molar-refractivity contribution is 4.76. The molecule has 0 heterocycles. The third-order valence-electron chi connectivity index (χ3n) is 2.96. The van der Waals surface area contributed by atoms with Crippen molar-refractivity contribution in [3.05, 3.63) is 0 Å². The van der Waals surface area contributed by atoms with E-state index in [0.29, 0.717) is 18.2 Å². The Labute approximate surface area is 81.8 Å². The van der Waals surface area contributed by atoms with Gasteiger partial charge in [0.15, 0.2) is 0 Å². The van der Waals surface area contributed by atoms with Gasteiger partial charge in [0.1, 0.15) is 0 Å². The summed E-state index contributed by atoms with van der Waals surface area (Å²) in [5.41, 5.74) is 5.90. The molecule has 0 bridgehead atoms. The second kappa shape index (κ2) is 5.61. The van der Waals surface area contributed by atoms with Gasteiger partial charge in [0.05, 0.1) is 12.2 Å². The summed E-state index contributed by atoms with van der Waals surface area (Å²) in [6.07, 6.45) is 7.85. The zero-order valence-corrected chi connectivity index (χ0v) is 8.96. The fourth-order valence-electron chi connectivity index (χ4n) is 2.06. The number of ether oxygens (including phenoxy) is 1. The molecule has 2 heteroatoms. The van der Waals surface area contributed by atoms with Crippen LogP contribution in [0, 0.1) is 0 Å². The second-order valence-electron chi connectivity index (χ2n) is 4.12. The Bertz CT molecular complexity index is 134. The first kappa shape index (κ1) is 11.0. The van der Waals surface area contributed by atoms with E-state index in [1.165, 1.54) is 19.3 Å². The Kier molecular flexibility index (Phi) is 4.74. The predicted octanol–water partition coefficient (Wildman–Crippen LogP) is 2.46. The molecule has 2 atom stereocenters. The van der Waals surface area contributed by atoms with Crippen LogP contribution in [0.25, 0.3) is 0 Å². The molecule has 1 aliphatic rings. The van der Waals surface area contributed by atoms with E-state index < -0.39 is 0 Å². The lowest BCUT2D eigenvalue weighted by atomic mass is 9.93. The molecule has 0 aliphatic heterocycles. The SMILES string of the molecule is CCC(CC)OC1CCCC(N)C1. The van der Waals surface area contributed by atoms with Crippen LogP contribution >= 0.6 is 0 Å². The van der Waals surface area contributed by atoms with E-state index in [9.17, 15) is 0 Å². The maximum absolute atomic E-state index is 5.98. The van der Waals surface area contributed by atoms with Gasteiger partial charge in [0.25, 0.3) is 0 Å². The highest BCUT2D eigenvalue weighted by Crippen LogP contribution is 2.22. The molecular weight excluding hydrogens is 162 g/mol. The van der Waals surface area contributed by atoms with Gasteiger partial charge < -0.3 is 10.5 Å². The summed E-state index contributed by atoms with van der Waals surface area (Å²) in [6.45, 7) is 4.38. The first-order chi connectivity index (χ1) is 6.26. The van der Waals surface area contributed by atoms with Crippen LogP contribution in [0.2, 0.25) is 0 Å². The lowest BCUT2D eigenvalue weighted by molar-refractivity contribution is -0.0358. The Balaban J connectivity index is 2.26. The van der Waals surface area contributed by atoms with E-state index in [-0.39, 0.29) is 0 Å². The minimum absolute atomic E-state index is 0.383. The van der Waals surface area contributed by atoms with Crippen LogP contribution in [0.15, 0.2) is 0 Å². The Morgan fingerprint density at radius 3 is 2.54 bits per heavy atom. The average Bonchev–Trinajstić information content (AvgIpc) is 2.14. The second-order valence-corrected chi connectivity index (χ2v) is 4.12. The Morgan fingerprint density at radius 1 is 1.31 bits per heavy atom. The molecule has 1 saturated carbocycles. The van der Waals surface area contributed by atoms with Gasteiger partial charge in [-0.3, -0.25) is 0 Å². The number of nitrogens with two attached hydrogens (primary N) is 1. The van der Waals surface area contributed by atoms with E-state index in [0.717, 1.165) is 19.3 Å². The van der Waals surface area contributed by atoms with Crippen molar-refractivity contribution >= 4 is 0 Å². The first-order valence-electron chi connectivity index (χ1n) is 5.67. The molecule has 0 aromatic carbocycles. The molecule has 78 valence electrons. The minimum atomic E-state index is 0.383. The Hall–Kier alpha value is -0.0800. The largest absolute Gasteiger partial charge is 0.375 e. The molecule has 0 aromatic rings. The van der Waals surface area contributed by atoms with Crippen LogP contribution < -0.4 is 5.73 Å². The van der Waals surface area contributed by atoms with Crippen LogP contribution in [-0.4, -0.2) is 18.2 Å². The zero-order chi connectivity index (χ0) is 9.68. The summed E-state index contributed by atoms with van der Waals surface area (Å²) in [7, 11) is 0. The lowest BCUT2D eigenvalue weighted by Crippen LogP contribution is -2.34. The quantitative estimate of drug-likeness (QED) is 0.730. The molecule has 1 rings (SSSR count). The predicted molar refractivity (Wildman–Crippen MR) is 55.7 cm³/mol.